The third-order valence-corrected chi connectivity index (χ3v) is 3.35. The van der Waals surface area contributed by atoms with Crippen molar-refractivity contribution in [2.45, 2.75) is 44.9 Å². The Bertz CT molecular complexity index is 399. The fourth-order valence-corrected chi connectivity index (χ4v) is 2.36. The number of ether oxygens (including phenoxy) is 2. The van der Waals surface area contributed by atoms with E-state index < -0.39 is 0 Å². The van der Waals surface area contributed by atoms with Crippen molar-refractivity contribution >= 4 is 0 Å². The molecule has 0 aliphatic heterocycles. The summed E-state index contributed by atoms with van der Waals surface area (Å²) in [5.74, 6) is 0.300. The minimum atomic E-state index is -0.273. The van der Waals surface area contributed by atoms with E-state index in [4.69, 9.17) is 9.47 Å². The Kier molecular flexibility index (Phi) is 5.16. The third-order valence-electron chi connectivity index (χ3n) is 3.35. The summed E-state index contributed by atoms with van der Waals surface area (Å²) in [6.07, 6.45) is 2.07. The van der Waals surface area contributed by atoms with E-state index in [0.29, 0.717) is 18.4 Å². The van der Waals surface area contributed by atoms with E-state index in [0.717, 1.165) is 19.4 Å². The summed E-state index contributed by atoms with van der Waals surface area (Å²) in [6.45, 7) is 5.77. The lowest BCUT2D eigenvalue weighted by molar-refractivity contribution is -0.104. The summed E-state index contributed by atoms with van der Waals surface area (Å²) in [4.78, 5) is 0. The Morgan fingerprint density at radius 3 is 2.89 bits per heavy atom. The van der Waals surface area contributed by atoms with Crippen LogP contribution in [0.25, 0.3) is 0 Å². The Hall–Kier alpha value is -1.13. The van der Waals surface area contributed by atoms with Crippen LogP contribution in [-0.2, 0) is 4.74 Å². The largest absolute Gasteiger partial charge is 0.487 e. The lowest BCUT2D eigenvalue weighted by Crippen LogP contribution is -2.61. The first-order valence-corrected chi connectivity index (χ1v) is 7.01. The van der Waals surface area contributed by atoms with E-state index in [1.165, 1.54) is 12.1 Å². The molecule has 1 N–H and O–H groups in total. The number of nitrogens with one attached hydrogen (secondary N) is 1. The van der Waals surface area contributed by atoms with Crippen LogP contribution in [0.15, 0.2) is 24.3 Å². The van der Waals surface area contributed by atoms with Crippen LogP contribution in [0.3, 0.4) is 0 Å². The molecular formula is C15H22FNO2. The van der Waals surface area contributed by atoms with Crippen molar-refractivity contribution in [3.8, 4) is 5.75 Å². The number of halogens is 1. The predicted octanol–water partition coefficient (Wildman–Crippen LogP) is 2.75. The number of hydrogen-bond donors (Lipinski definition) is 1. The second-order valence-electron chi connectivity index (χ2n) is 4.83. The maximum atomic E-state index is 13.1. The van der Waals surface area contributed by atoms with Crippen LogP contribution in [0, 0.1) is 5.82 Å². The lowest BCUT2D eigenvalue weighted by Gasteiger charge is -2.44. The van der Waals surface area contributed by atoms with Gasteiger partial charge in [0.1, 0.15) is 23.8 Å². The molecule has 106 valence electrons. The van der Waals surface area contributed by atoms with Crippen molar-refractivity contribution in [3.63, 3.8) is 0 Å². The molecule has 4 heteroatoms. The average molecular weight is 267 g/mol. The van der Waals surface area contributed by atoms with Gasteiger partial charge in [-0.3, -0.25) is 0 Å². The second kappa shape index (κ2) is 6.87. The fourth-order valence-electron chi connectivity index (χ4n) is 2.36. The van der Waals surface area contributed by atoms with Gasteiger partial charge >= 0.3 is 0 Å². The molecule has 1 saturated carbocycles. The zero-order valence-corrected chi connectivity index (χ0v) is 11.6. The Balaban J connectivity index is 1.90. The van der Waals surface area contributed by atoms with Crippen LogP contribution in [0.1, 0.15) is 26.7 Å². The highest BCUT2D eigenvalue weighted by Gasteiger charge is 2.43. The highest BCUT2D eigenvalue weighted by molar-refractivity contribution is 5.23. The quantitative estimate of drug-likeness (QED) is 0.824. The molecule has 1 aromatic carbocycles. The van der Waals surface area contributed by atoms with Gasteiger partial charge in [-0.05, 0) is 32.0 Å². The molecule has 2 rings (SSSR count). The molecule has 3 unspecified atom stereocenters. The molecular weight excluding hydrogens is 245 g/mol. The Labute approximate surface area is 114 Å². The summed E-state index contributed by atoms with van der Waals surface area (Å²) >= 11 is 0. The summed E-state index contributed by atoms with van der Waals surface area (Å²) in [6, 6.07) is 6.61. The Morgan fingerprint density at radius 2 is 2.21 bits per heavy atom. The monoisotopic (exact) mass is 267 g/mol. The van der Waals surface area contributed by atoms with E-state index >= 15 is 0 Å². The standard InChI is InChI=1S/C15H22FNO2/c1-3-8-17-13-10-14(15(13)18-4-2)19-12-7-5-6-11(16)9-12/h5-7,9,13-15,17H,3-4,8,10H2,1-2H3. The molecule has 1 aromatic rings. The molecule has 0 amide bonds. The SMILES string of the molecule is CCCNC1CC(Oc2cccc(F)c2)C1OCC. The molecule has 3 atom stereocenters. The first-order chi connectivity index (χ1) is 9.24. The van der Waals surface area contributed by atoms with Crippen LogP contribution in [0.5, 0.6) is 5.75 Å². The fraction of sp³-hybridized carbons (Fsp3) is 0.600. The minimum absolute atomic E-state index is 0.0103. The van der Waals surface area contributed by atoms with Crippen molar-refractivity contribution in [1.82, 2.24) is 5.32 Å². The number of hydrogen-bond acceptors (Lipinski definition) is 3. The first-order valence-electron chi connectivity index (χ1n) is 7.01. The molecule has 0 aromatic heterocycles. The van der Waals surface area contributed by atoms with Gasteiger partial charge in [-0.15, -0.1) is 0 Å². The van der Waals surface area contributed by atoms with Crippen LogP contribution in [-0.4, -0.2) is 31.4 Å². The maximum absolute atomic E-state index is 13.1. The van der Waals surface area contributed by atoms with Gasteiger partial charge in [-0.1, -0.05) is 13.0 Å². The Morgan fingerprint density at radius 1 is 1.37 bits per heavy atom. The van der Waals surface area contributed by atoms with Gasteiger partial charge in [0.05, 0.1) is 0 Å². The van der Waals surface area contributed by atoms with Crippen molar-refractivity contribution in [2.24, 2.45) is 0 Å². The van der Waals surface area contributed by atoms with Crippen molar-refractivity contribution in [1.29, 1.82) is 0 Å². The maximum Gasteiger partial charge on any atom is 0.128 e. The molecule has 19 heavy (non-hydrogen) atoms. The zero-order valence-electron chi connectivity index (χ0n) is 11.6. The minimum Gasteiger partial charge on any atom is -0.487 e. The topological polar surface area (TPSA) is 30.5 Å². The molecule has 1 aliphatic rings. The number of benzene rings is 1. The van der Waals surface area contributed by atoms with Crippen molar-refractivity contribution in [2.75, 3.05) is 13.2 Å². The van der Waals surface area contributed by atoms with E-state index in [2.05, 4.69) is 12.2 Å². The second-order valence-corrected chi connectivity index (χ2v) is 4.83. The van der Waals surface area contributed by atoms with E-state index in [1.807, 2.05) is 6.92 Å². The van der Waals surface area contributed by atoms with Crippen molar-refractivity contribution < 1.29 is 13.9 Å². The highest BCUT2D eigenvalue weighted by atomic mass is 19.1. The summed E-state index contributed by atoms with van der Waals surface area (Å²) in [5.41, 5.74) is 0. The zero-order chi connectivity index (χ0) is 13.7. The van der Waals surface area contributed by atoms with Crippen molar-refractivity contribution in [3.05, 3.63) is 30.1 Å². The van der Waals surface area contributed by atoms with Crippen LogP contribution < -0.4 is 10.1 Å². The van der Waals surface area contributed by atoms with Crippen LogP contribution in [0.2, 0.25) is 0 Å². The molecule has 0 bridgehead atoms. The van der Waals surface area contributed by atoms with Gasteiger partial charge in [0.15, 0.2) is 0 Å². The van der Waals surface area contributed by atoms with Crippen LogP contribution in [0.4, 0.5) is 4.39 Å². The molecule has 0 spiro atoms. The smallest absolute Gasteiger partial charge is 0.128 e. The van der Waals surface area contributed by atoms with Gasteiger partial charge in [-0.25, -0.2) is 4.39 Å². The molecule has 1 fully saturated rings. The third kappa shape index (κ3) is 3.67. The molecule has 0 saturated heterocycles. The van der Waals surface area contributed by atoms with E-state index in [-0.39, 0.29) is 18.0 Å². The predicted molar refractivity (Wildman–Crippen MR) is 72.9 cm³/mol. The van der Waals surface area contributed by atoms with Gasteiger partial charge in [0.25, 0.3) is 0 Å². The summed E-state index contributed by atoms with van der Waals surface area (Å²) in [7, 11) is 0. The molecule has 1 aliphatic carbocycles. The first kappa shape index (κ1) is 14.3. The van der Waals surface area contributed by atoms with Gasteiger partial charge in [-0.2, -0.15) is 0 Å². The molecule has 3 nitrogen and oxygen atoms in total. The van der Waals surface area contributed by atoms with Gasteiger partial charge in [0.2, 0.25) is 0 Å². The van der Waals surface area contributed by atoms with Gasteiger partial charge in [0, 0.05) is 25.1 Å². The molecule has 0 heterocycles. The van der Waals surface area contributed by atoms with E-state index in [9.17, 15) is 4.39 Å². The molecule has 0 radical (unpaired) electrons. The number of rotatable bonds is 7. The summed E-state index contributed by atoms with van der Waals surface area (Å²) in [5, 5.41) is 3.45. The van der Waals surface area contributed by atoms with Crippen LogP contribution >= 0.6 is 0 Å². The average Bonchev–Trinajstić information content (AvgIpc) is 2.39. The normalized spacial score (nSPS) is 25.9. The summed E-state index contributed by atoms with van der Waals surface area (Å²) < 4.78 is 24.6. The van der Waals surface area contributed by atoms with E-state index in [1.54, 1.807) is 12.1 Å². The highest BCUT2D eigenvalue weighted by Crippen LogP contribution is 2.29. The lowest BCUT2D eigenvalue weighted by atomic mass is 9.85. The van der Waals surface area contributed by atoms with Gasteiger partial charge < -0.3 is 14.8 Å².